The van der Waals surface area contributed by atoms with Crippen molar-refractivity contribution in [1.82, 2.24) is 0 Å². The molecule has 1 aliphatic rings. The van der Waals surface area contributed by atoms with Crippen LogP contribution < -0.4 is 4.74 Å². The lowest BCUT2D eigenvalue weighted by atomic mass is 10.1. The average Bonchev–Trinajstić information content (AvgIpc) is 2.37. The van der Waals surface area contributed by atoms with Crippen LogP contribution in [0.1, 0.15) is 30.4 Å². The second-order valence-corrected chi connectivity index (χ2v) is 7.69. The quantitative estimate of drug-likeness (QED) is 0.800. The van der Waals surface area contributed by atoms with E-state index in [9.17, 15) is 8.42 Å². The van der Waals surface area contributed by atoms with Gasteiger partial charge in [-0.25, -0.2) is 8.42 Å². The summed E-state index contributed by atoms with van der Waals surface area (Å²) in [5.74, 6) is 0.711. The smallest absolute Gasteiger partial charge is 0.261 e. The SMILES string of the molecule is Cc1cc(S(=O)(=O)Cl)cc(C)c1OCC1CCCCO1. The summed E-state index contributed by atoms with van der Waals surface area (Å²) in [6.07, 6.45) is 3.40. The molecule has 0 aromatic heterocycles. The molecule has 1 unspecified atom stereocenters. The Hall–Kier alpha value is -0.780. The summed E-state index contributed by atoms with van der Waals surface area (Å²) in [6, 6.07) is 3.07. The molecule has 1 heterocycles. The predicted octanol–water partition coefficient (Wildman–Crippen LogP) is 3.18. The molecule has 1 aromatic carbocycles. The molecule has 0 saturated carbocycles. The summed E-state index contributed by atoms with van der Waals surface area (Å²) in [6.45, 7) is 4.91. The lowest BCUT2D eigenvalue weighted by Crippen LogP contribution is -2.26. The first-order chi connectivity index (χ1) is 9.38. The Kier molecular flexibility index (Phi) is 4.94. The molecule has 112 valence electrons. The van der Waals surface area contributed by atoms with Gasteiger partial charge in [0.15, 0.2) is 0 Å². The van der Waals surface area contributed by atoms with Gasteiger partial charge in [-0.1, -0.05) is 0 Å². The van der Waals surface area contributed by atoms with E-state index in [0.717, 1.165) is 37.0 Å². The molecule has 0 amide bonds. The van der Waals surface area contributed by atoms with Crippen LogP contribution in [-0.2, 0) is 13.8 Å². The Balaban J connectivity index is 2.12. The van der Waals surface area contributed by atoms with Crippen LogP contribution in [0.15, 0.2) is 17.0 Å². The molecular weight excluding hydrogens is 300 g/mol. The van der Waals surface area contributed by atoms with Crippen molar-refractivity contribution in [3.63, 3.8) is 0 Å². The number of ether oxygens (including phenoxy) is 2. The summed E-state index contributed by atoms with van der Waals surface area (Å²) in [5.41, 5.74) is 1.53. The topological polar surface area (TPSA) is 52.6 Å². The Bertz CT molecular complexity index is 554. The van der Waals surface area contributed by atoms with E-state index in [1.54, 1.807) is 0 Å². The van der Waals surface area contributed by atoms with E-state index in [1.165, 1.54) is 12.1 Å². The van der Waals surface area contributed by atoms with E-state index < -0.39 is 9.05 Å². The van der Waals surface area contributed by atoms with Gasteiger partial charge >= 0.3 is 0 Å². The van der Waals surface area contributed by atoms with Crippen LogP contribution in [0, 0.1) is 13.8 Å². The third kappa shape index (κ3) is 3.87. The van der Waals surface area contributed by atoms with E-state index in [1.807, 2.05) is 13.8 Å². The molecule has 1 aromatic rings. The van der Waals surface area contributed by atoms with Gasteiger partial charge < -0.3 is 9.47 Å². The van der Waals surface area contributed by atoms with Crippen LogP contribution >= 0.6 is 10.7 Å². The molecule has 1 fully saturated rings. The summed E-state index contributed by atoms with van der Waals surface area (Å²) >= 11 is 0. The first-order valence-corrected chi connectivity index (χ1v) is 8.99. The van der Waals surface area contributed by atoms with E-state index in [0.29, 0.717) is 12.4 Å². The van der Waals surface area contributed by atoms with Crippen LogP contribution in [0.25, 0.3) is 0 Å². The van der Waals surface area contributed by atoms with Crippen molar-refractivity contribution in [1.29, 1.82) is 0 Å². The molecule has 1 atom stereocenters. The van der Waals surface area contributed by atoms with Crippen LogP contribution in [0.4, 0.5) is 0 Å². The summed E-state index contributed by atoms with van der Waals surface area (Å²) in [5, 5.41) is 0. The van der Waals surface area contributed by atoms with E-state index in [-0.39, 0.29) is 11.0 Å². The van der Waals surface area contributed by atoms with Crippen LogP contribution in [0.2, 0.25) is 0 Å². The van der Waals surface area contributed by atoms with Gasteiger partial charge in [0.2, 0.25) is 0 Å². The highest BCUT2D eigenvalue weighted by Crippen LogP contribution is 2.29. The van der Waals surface area contributed by atoms with Crippen molar-refractivity contribution in [3.8, 4) is 5.75 Å². The Morgan fingerprint density at radius 2 is 1.95 bits per heavy atom. The second-order valence-electron chi connectivity index (χ2n) is 5.12. The summed E-state index contributed by atoms with van der Waals surface area (Å²) in [4.78, 5) is 0.107. The number of rotatable bonds is 4. The van der Waals surface area contributed by atoms with Gasteiger partial charge in [0.1, 0.15) is 12.4 Å². The molecule has 0 aliphatic carbocycles. The predicted molar refractivity (Wildman–Crippen MR) is 78.0 cm³/mol. The maximum Gasteiger partial charge on any atom is 0.261 e. The van der Waals surface area contributed by atoms with Gasteiger partial charge in [0, 0.05) is 17.3 Å². The molecule has 6 heteroatoms. The standard InChI is InChI=1S/C14H19ClO4S/c1-10-7-13(20(15,16)17)8-11(2)14(10)19-9-12-5-3-4-6-18-12/h7-8,12H,3-6,9H2,1-2H3. The van der Waals surface area contributed by atoms with E-state index in [2.05, 4.69) is 0 Å². The third-order valence-corrected chi connectivity index (χ3v) is 4.74. The maximum absolute atomic E-state index is 11.4. The summed E-state index contributed by atoms with van der Waals surface area (Å²) < 4.78 is 34.1. The van der Waals surface area contributed by atoms with Crippen LogP contribution in [0.3, 0.4) is 0 Å². The van der Waals surface area contributed by atoms with E-state index >= 15 is 0 Å². The average molecular weight is 319 g/mol. The lowest BCUT2D eigenvalue weighted by molar-refractivity contribution is -0.0113. The van der Waals surface area contributed by atoms with Crippen molar-refractivity contribution in [3.05, 3.63) is 23.3 Å². The first-order valence-electron chi connectivity index (χ1n) is 6.68. The Morgan fingerprint density at radius 1 is 1.30 bits per heavy atom. The van der Waals surface area contributed by atoms with Gasteiger partial charge in [-0.05, 0) is 56.4 Å². The van der Waals surface area contributed by atoms with Crippen LogP contribution in [-0.4, -0.2) is 27.7 Å². The maximum atomic E-state index is 11.4. The number of aryl methyl sites for hydroxylation is 2. The minimum Gasteiger partial charge on any atom is -0.490 e. The molecule has 1 aliphatic heterocycles. The Morgan fingerprint density at radius 3 is 2.45 bits per heavy atom. The summed E-state index contributed by atoms with van der Waals surface area (Å²) in [7, 11) is 1.66. The molecule has 20 heavy (non-hydrogen) atoms. The third-order valence-electron chi connectivity index (χ3n) is 3.40. The van der Waals surface area contributed by atoms with Crippen molar-refractivity contribution in [2.45, 2.75) is 44.1 Å². The molecule has 1 saturated heterocycles. The second kappa shape index (κ2) is 6.33. The normalized spacial score (nSPS) is 19.9. The van der Waals surface area contributed by atoms with Crippen molar-refractivity contribution in [2.75, 3.05) is 13.2 Å². The number of hydrogen-bond acceptors (Lipinski definition) is 4. The minimum atomic E-state index is -3.71. The Labute approximate surface area is 124 Å². The van der Waals surface area contributed by atoms with Gasteiger partial charge in [0.25, 0.3) is 9.05 Å². The molecule has 2 rings (SSSR count). The fraction of sp³-hybridized carbons (Fsp3) is 0.571. The fourth-order valence-corrected chi connectivity index (χ4v) is 3.30. The number of benzene rings is 1. The van der Waals surface area contributed by atoms with Crippen molar-refractivity contribution < 1.29 is 17.9 Å². The number of halogens is 1. The van der Waals surface area contributed by atoms with Crippen molar-refractivity contribution >= 4 is 19.7 Å². The van der Waals surface area contributed by atoms with E-state index in [4.69, 9.17) is 20.2 Å². The van der Waals surface area contributed by atoms with Crippen molar-refractivity contribution in [2.24, 2.45) is 0 Å². The van der Waals surface area contributed by atoms with Gasteiger partial charge in [-0.2, -0.15) is 0 Å². The molecule has 0 bridgehead atoms. The van der Waals surface area contributed by atoms with Gasteiger partial charge in [-0.15, -0.1) is 0 Å². The molecule has 0 radical (unpaired) electrons. The zero-order valence-electron chi connectivity index (χ0n) is 11.7. The largest absolute Gasteiger partial charge is 0.490 e. The highest BCUT2D eigenvalue weighted by Gasteiger charge is 2.18. The highest BCUT2D eigenvalue weighted by molar-refractivity contribution is 8.13. The zero-order chi connectivity index (χ0) is 14.8. The molecule has 0 spiro atoms. The van der Waals surface area contributed by atoms with Gasteiger partial charge in [0.05, 0.1) is 11.0 Å². The first kappa shape index (κ1) is 15.6. The van der Waals surface area contributed by atoms with Crippen LogP contribution in [0.5, 0.6) is 5.75 Å². The highest BCUT2D eigenvalue weighted by atomic mass is 35.7. The lowest BCUT2D eigenvalue weighted by Gasteiger charge is -2.23. The molecule has 0 N–H and O–H groups in total. The zero-order valence-corrected chi connectivity index (χ0v) is 13.3. The molecular formula is C14H19ClO4S. The monoisotopic (exact) mass is 318 g/mol. The fourth-order valence-electron chi connectivity index (χ4n) is 2.39. The minimum absolute atomic E-state index is 0.107. The molecule has 4 nitrogen and oxygen atoms in total. The number of hydrogen-bond donors (Lipinski definition) is 0. The van der Waals surface area contributed by atoms with Gasteiger partial charge in [-0.3, -0.25) is 0 Å².